The van der Waals surface area contributed by atoms with Gasteiger partial charge in [0.2, 0.25) is 0 Å². The normalized spacial score (nSPS) is 11.3. The Bertz CT molecular complexity index is 1050. The molecule has 2 aromatic carbocycles. The molecule has 0 atom stereocenters. The van der Waals surface area contributed by atoms with Gasteiger partial charge in [0, 0.05) is 11.9 Å². The predicted molar refractivity (Wildman–Crippen MR) is 101 cm³/mol. The number of pyridine rings is 1. The van der Waals surface area contributed by atoms with Crippen LogP contribution in [-0.2, 0) is 12.7 Å². The number of carbonyl (C=O) groups is 1. The van der Waals surface area contributed by atoms with E-state index in [1.165, 1.54) is 29.0 Å². The molecule has 0 saturated heterocycles. The van der Waals surface area contributed by atoms with Gasteiger partial charge in [0.25, 0.3) is 11.5 Å². The molecule has 0 aliphatic rings. The molecular formula is C20H14ClF3N2O2. The Morgan fingerprint density at radius 3 is 2.29 bits per heavy atom. The standard InChI is InChI=1S/C20H14ClF3N2O2/c21-15-10-17(18(27)25-16-4-2-1-3-5-16)19(28)26(12-15)11-13-6-8-14(9-7-13)20(22,23)24/h1-10,12H,11H2,(H,25,27). The molecule has 3 aromatic rings. The summed E-state index contributed by atoms with van der Waals surface area (Å²) >= 11 is 6.03. The van der Waals surface area contributed by atoms with Crippen LogP contribution in [0.1, 0.15) is 21.5 Å². The van der Waals surface area contributed by atoms with Gasteiger partial charge in [-0.3, -0.25) is 9.59 Å². The summed E-state index contributed by atoms with van der Waals surface area (Å²) < 4.78 is 39.2. The van der Waals surface area contributed by atoms with Crippen LogP contribution in [0.3, 0.4) is 0 Å². The van der Waals surface area contributed by atoms with E-state index in [9.17, 15) is 22.8 Å². The number of nitrogens with one attached hydrogen (secondary N) is 1. The molecule has 144 valence electrons. The quantitative estimate of drug-likeness (QED) is 0.675. The summed E-state index contributed by atoms with van der Waals surface area (Å²) in [5.41, 5.74) is -0.563. The van der Waals surface area contributed by atoms with Crippen molar-refractivity contribution in [2.75, 3.05) is 5.32 Å². The molecule has 1 heterocycles. The van der Waals surface area contributed by atoms with Crippen LogP contribution >= 0.6 is 11.6 Å². The van der Waals surface area contributed by atoms with Crippen LogP contribution < -0.4 is 10.9 Å². The Morgan fingerprint density at radius 2 is 1.68 bits per heavy atom. The third-order valence-electron chi connectivity index (χ3n) is 3.96. The van der Waals surface area contributed by atoms with Gasteiger partial charge in [0.1, 0.15) is 5.56 Å². The van der Waals surface area contributed by atoms with Gasteiger partial charge in [-0.1, -0.05) is 41.9 Å². The van der Waals surface area contributed by atoms with Crippen LogP contribution in [-0.4, -0.2) is 10.5 Å². The monoisotopic (exact) mass is 406 g/mol. The average molecular weight is 407 g/mol. The molecule has 0 fully saturated rings. The van der Waals surface area contributed by atoms with Crippen molar-refractivity contribution in [3.8, 4) is 0 Å². The molecule has 0 radical (unpaired) electrons. The van der Waals surface area contributed by atoms with E-state index >= 15 is 0 Å². The number of amides is 1. The number of rotatable bonds is 4. The summed E-state index contributed by atoms with van der Waals surface area (Å²) in [6.45, 7) is -0.0247. The van der Waals surface area contributed by atoms with Crippen molar-refractivity contribution >= 4 is 23.2 Å². The Hall–Kier alpha value is -3.06. The number of anilines is 1. The fourth-order valence-electron chi connectivity index (χ4n) is 2.59. The summed E-state index contributed by atoms with van der Waals surface area (Å²) in [7, 11) is 0. The lowest BCUT2D eigenvalue weighted by Crippen LogP contribution is -2.29. The fourth-order valence-corrected chi connectivity index (χ4v) is 2.82. The minimum atomic E-state index is -4.44. The van der Waals surface area contributed by atoms with Gasteiger partial charge in [0.15, 0.2) is 0 Å². The van der Waals surface area contributed by atoms with Crippen LogP contribution in [0.25, 0.3) is 0 Å². The first-order valence-electron chi connectivity index (χ1n) is 8.16. The molecule has 0 aliphatic carbocycles. The van der Waals surface area contributed by atoms with Gasteiger partial charge in [-0.05, 0) is 35.9 Å². The molecule has 28 heavy (non-hydrogen) atoms. The van der Waals surface area contributed by atoms with Crippen LogP contribution in [0, 0.1) is 0 Å². The SMILES string of the molecule is O=C(Nc1ccccc1)c1cc(Cl)cn(Cc2ccc(C(F)(F)F)cc2)c1=O. The van der Waals surface area contributed by atoms with Gasteiger partial charge >= 0.3 is 6.18 Å². The van der Waals surface area contributed by atoms with Crippen LogP contribution in [0.15, 0.2) is 71.7 Å². The molecular weight excluding hydrogens is 393 g/mol. The van der Waals surface area contributed by atoms with Gasteiger partial charge < -0.3 is 9.88 Å². The highest BCUT2D eigenvalue weighted by atomic mass is 35.5. The van der Waals surface area contributed by atoms with Gasteiger partial charge in [-0.15, -0.1) is 0 Å². The number of hydrogen-bond donors (Lipinski definition) is 1. The van der Waals surface area contributed by atoms with Crippen molar-refractivity contribution in [1.29, 1.82) is 0 Å². The number of halogens is 4. The second kappa shape index (κ2) is 7.90. The Balaban J connectivity index is 1.87. The van der Waals surface area contributed by atoms with E-state index in [4.69, 9.17) is 11.6 Å². The molecule has 4 nitrogen and oxygen atoms in total. The Labute approximate surface area is 163 Å². The molecule has 0 bridgehead atoms. The molecule has 0 unspecified atom stereocenters. The fraction of sp³-hybridized carbons (Fsp3) is 0.100. The highest BCUT2D eigenvalue weighted by molar-refractivity contribution is 6.30. The highest BCUT2D eigenvalue weighted by Crippen LogP contribution is 2.29. The number of nitrogens with zero attached hydrogens (tertiary/aromatic N) is 1. The van der Waals surface area contributed by atoms with E-state index in [2.05, 4.69) is 5.32 Å². The third kappa shape index (κ3) is 4.61. The predicted octanol–water partition coefficient (Wildman–Crippen LogP) is 4.82. The topological polar surface area (TPSA) is 51.1 Å². The van der Waals surface area contributed by atoms with Crippen molar-refractivity contribution in [3.05, 3.63) is 98.9 Å². The van der Waals surface area contributed by atoms with Crippen molar-refractivity contribution in [1.82, 2.24) is 4.57 Å². The van der Waals surface area contributed by atoms with Crippen molar-refractivity contribution < 1.29 is 18.0 Å². The molecule has 8 heteroatoms. The first-order chi connectivity index (χ1) is 13.2. The number of benzene rings is 2. The number of para-hydroxylation sites is 1. The first-order valence-corrected chi connectivity index (χ1v) is 8.54. The number of alkyl halides is 3. The van der Waals surface area contributed by atoms with Crippen LogP contribution in [0.2, 0.25) is 5.02 Å². The smallest absolute Gasteiger partial charge is 0.322 e. The molecule has 1 amide bonds. The lowest BCUT2D eigenvalue weighted by Gasteiger charge is -2.11. The van der Waals surface area contributed by atoms with Crippen molar-refractivity contribution in [2.24, 2.45) is 0 Å². The molecule has 1 N–H and O–H groups in total. The zero-order valence-corrected chi connectivity index (χ0v) is 15.1. The zero-order valence-electron chi connectivity index (χ0n) is 14.3. The summed E-state index contributed by atoms with van der Waals surface area (Å²) in [6, 6.07) is 14.3. The largest absolute Gasteiger partial charge is 0.416 e. The maximum atomic E-state index is 12.7. The van der Waals surface area contributed by atoms with E-state index in [1.807, 2.05) is 0 Å². The molecule has 0 aliphatic heterocycles. The summed E-state index contributed by atoms with van der Waals surface area (Å²) in [5, 5.41) is 2.76. The Morgan fingerprint density at radius 1 is 1.04 bits per heavy atom. The van der Waals surface area contributed by atoms with E-state index in [0.29, 0.717) is 11.3 Å². The third-order valence-corrected chi connectivity index (χ3v) is 4.17. The second-order valence-electron chi connectivity index (χ2n) is 6.02. The molecule has 0 saturated carbocycles. The maximum Gasteiger partial charge on any atom is 0.416 e. The van der Waals surface area contributed by atoms with Crippen molar-refractivity contribution in [3.63, 3.8) is 0 Å². The average Bonchev–Trinajstić information content (AvgIpc) is 2.65. The number of hydrogen-bond acceptors (Lipinski definition) is 2. The number of carbonyl (C=O) groups excluding carboxylic acids is 1. The maximum absolute atomic E-state index is 12.7. The van der Waals surface area contributed by atoms with E-state index in [0.717, 1.165) is 12.1 Å². The zero-order chi connectivity index (χ0) is 20.3. The van der Waals surface area contributed by atoms with Crippen LogP contribution in [0.4, 0.5) is 18.9 Å². The Kier molecular flexibility index (Phi) is 5.56. The minimum absolute atomic E-state index is 0.0247. The highest BCUT2D eigenvalue weighted by Gasteiger charge is 2.29. The lowest BCUT2D eigenvalue weighted by molar-refractivity contribution is -0.137. The first kappa shape index (κ1) is 19.7. The van der Waals surface area contributed by atoms with E-state index in [-0.39, 0.29) is 17.1 Å². The minimum Gasteiger partial charge on any atom is -0.322 e. The van der Waals surface area contributed by atoms with Gasteiger partial charge in [-0.25, -0.2) is 0 Å². The molecule has 3 rings (SSSR count). The van der Waals surface area contributed by atoms with Gasteiger partial charge in [-0.2, -0.15) is 13.2 Å². The summed E-state index contributed by atoms with van der Waals surface area (Å²) in [5.74, 6) is -0.625. The van der Waals surface area contributed by atoms with E-state index < -0.39 is 23.2 Å². The number of aromatic nitrogens is 1. The second-order valence-corrected chi connectivity index (χ2v) is 6.46. The van der Waals surface area contributed by atoms with E-state index in [1.54, 1.807) is 30.3 Å². The lowest BCUT2D eigenvalue weighted by atomic mass is 10.1. The molecule has 1 aromatic heterocycles. The van der Waals surface area contributed by atoms with Gasteiger partial charge in [0.05, 0.1) is 17.1 Å². The van der Waals surface area contributed by atoms with Crippen LogP contribution in [0.5, 0.6) is 0 Å². The molecule has 0 spiro atoms. The summed E-state index contributed by atoms with van der Waals surface area (Å²) in [6.07, 6.45) is -3.10. The van der Waals surface area contributed by atoms with Crippen molar-refractivity contribution in [2.45, 2.75) is 12.7 Å². The summed E-state index contributed by atoms with van der Waals surface area (Å²) in [4.78, 5) is 25.1.